The smallest absolute Gasteiger partial charge is 0.416 e. The Morgan fingerprint density at radius 1 is 1.31 bits per heavy atom. The molecule has 1 fully saturated rings. The van der Waals surface area contributed by atoms with Crippen LogP contribution in [0.4, 0.5) is 4.79 Å². The predicted molar refractivity (Wildman–Crippen MR) is 99.5 cm³/mol. The van der Waals surface area contributed by atoms with Crippen molar-refractivity contribution in [2.75, 3.05) is 18.9 Å². The molecule has 26 heavy (non-hydrogen) atoms. The van der Waals surface area contributed by atoms with Gasteiger partial charge in [0.1, 0.15) is 11.4 Å². The van der Waals surface area contributed by atoms with Crippen LogP contribution >= 0.6 is 23.1 Å². The lowest BCUT2D eigenvalue weighted by molar-refractivity contribution is -0.125. The van der Waals surface area contributed by atoms with Crippen LogP contribution in [0.25, 0.3) is 21.3 Å². The molecule has 1 aliphatic heterocycles. The minimum atomic E-state index is -0.627. The van der Waals surface area contributed by atoms with Crippen LogP contribution in [0.3, 0.4) is 0 Å². The van der Waals surface area contributed by atoms with Gasteiger partial charge in [0.25, 0.3) is 5.56 Å². The average Bonchev–Trinajstić information content (AvgIpc) is 3.27. The van der Waals surface area contributed by atoms with Crippen LogP contribution in [0.2, 0.25) is 0 Å². The van der Waals surface area contributed by atoms with Gasteiger partial charge in [0.2, 0.25) is 5.91 Å². The van der Waals surface area contributed by atoms with Gasteiger partial charge in [-0.25, -0.2) is 14.7 Å². The van der Waals surface area contributed by atoms with Crippen LogP contribution in [-0.2, 0) is 9.53 Å². The third-order valence-electron chi connectivity index (χ3n) is 3.90. The van der Waals surface area contributed by atoms with Gasteiger partial charge in [0.15, 0.2) is 5.16 Å². The third kappa shape index (κ3) is 3.11. The fourth-order valence-corrected chi connectivity index (χ4v) is 4.40. The Morgan fingerprint density at radius 3 is 2.85 bits per heavy atom. The summed E-state index contributed by atoms with van der Waals surface area (Å²) in [4.78, 5) is 44.8. The van der Waals surface area contributed by atoms with Gasteiger partial charge in [-0.3, -0.25) is 9.59 Å². The van der Waals surface area contributed by atoms with E-state index in [1.165, 1.54) is 11.3 Å². The second-order valence-corrected chi connectivity index (χ2v) is 7.34. The summed E-state index contributed by atoms with van der Waals surface area (Å²) in [6, 6.07) is 9.64. The lowest BCUT2D eigenvalue weighted by Gasteiger charge is -2.09. The largest absolute Gasteiger partial charge is 0.447 e. The summed E-state index contributed by atoms with van der Waals surface area (Å²) in [5.41, 5.74) is 1.55. The molecular formula is C17H13N3O4S2. The molecule has 7 nitrogen and oxygen atoms in total. The number of ether oxygens (including phenoxy) is 1. The third-order valence-corrected chi connectivity index (χ3v) is 5.63. The van der Waals surface area contributed by atoms with E-state index in [1.807, 2.05) is 35.7 Å². The van der Waals surface area contributed by atoms with Crippen LogP contribution in [0.1, 0.15) is 0 Å². The molecule has 0 atom stereocenters. The highest BCUT2D eigenvalue weighted by Crippen LogP contribution is 2.31. The molecule has 0 saturated carbocycles. The lowest BCUT2D eigenvalue weighted by Crippen LogP contribution is -2.33. The molecule has 1 N–H and O–H groups in total. The minimum Gasteiger partial charge on any atom is -0.447 e. The van der Waals surface area contributed by atoms with E-state index in [9.17, 15) is 14.4 Å². The number of carbonyl (C=O) groups excluding carboxylic acids is 2. The number of thioether (sulfide) groups is 1. The number of hydrogen-bond acceptors (Lipinski definition) is 7. The number of cyclic esters (lactones) is 1. The second kappa shape index (κ2) is 6.93. The van der Waals surface area contributed by atoms with Crippen molar-refractivity contribution >= 4 is 45.3 Å². The first kappa shape index (κ1) is 16.8. The number of carbonyl (C=O) groups is 2. The first-order valence-corrected chi connectivity index (χ1v) is 9.67. The Balaban J connectivity index is 1.57. The van der Waals surface area contributed by atoms with Crippen molar-refractivity contribution in [2.45, 2.75) is 5.16 Å². The summed E-state index contributed by atoms with van der Waals surface area (Å²) in [5, 5.41) is 2.80. The first-order chi connectivity index (χ1) is 12.6. The van der Waals surface area contributed by atoms with E-state index < -0.39 is 6.09 Å². The molecule has 3 heterocycles. The fraction of sp³-hybridized carbons (Fsp3) is 0.176. The van der Waals surface area contributed by atoms with E-state index >= 15 is 0 Å². The summed E-state index contributed by atoms with van der Waals surface area (Å²) in [7, 11) is 0. The molecule has 4 rings (SSSR count). The van der Waals surface area contributed by atoms with Crippen molar-refractivity contribution in [2.24, 2.45) is 0 Å². The summed E-state index contributed by atoms with van der Waals surface area (Å²) in [6.07, 6.45) is -0.627. The number of nitrogens with zero attached hydrogens (tertiary/aromatic N) is 2. The number of rotatable bonds is 4. The highest BCUT2D eigenvalue weighted by Gasteiger charge is 2.28. The quantitative estimate of drug-likeness (QED) is 0.547. The molecule has 3 aromatic rings. The van der Waals surface area contributed by atoms with E-state index in [1.54, 1.807) is 0 Å². The van der Waals surface area contributed by atoms with Crippen LogP contribution in [0.5, 0.6) is 0 Å². The predicted octanol–water partition coefficient (Wildman–Crippen LogP) is 2.72. The van der Waals surface area contributed by atoms with Crippen molar-refractivity contribution < 1.29 is 14.3 Å². The maximum absolute atomic E-state index is 12.5. The van der Waals surface area contributed by atoms with Gasteiger partial charge in [-0.15, -0.1) is 11.3 Å². The Labute approximate surface area is 156 Å². The van der Waals surface area contributed by atoms with Crippen LogP contribution in [-0.4, -0.2) is 45.8 Å². The molecule has 0 radical (unpaired) electrons. The molecule has 1 saturated heterocycles. The minimum absolute atomic E-state index is 0.000461. The van der Waals surface area contributed by atoms with Gasteiger partial charge in [-0.05, 0) is 5.56 Å². The molecule has 132 valence electrons. The zero-order valence-electron chi connectivity index (χ0n) is 13.4. The number of fused-ring (bicyclic) bond motifs is 1. The molecule has 1 aromatic carbocycles. The highest BCUT2D eigenvalue weighted by molar-refractivity contribution is 7.99. The average molecular weight is 387 g/mol. The van der Waals surface area contributed by atoms with Crippen molar-refractivity contribution in [3.63, 3.8) is 0 Å². The van der Waals surface area contributed by atoms with Gasteiger partial charge in [0, 0.05) is 10.9 Å². The van der Waals surface area contributed by atoms with Gasteiger partial charge in [0.05, 0.1) is 17.7 Å². The van der Waals surface area contributed by atoms with E-state index in [2.05, 4.69) is 9.97 Å². The van der Waals surface area contributed by atoms with Crippen LogP contribution < -0.4 is 5.56 Å². The Hall–Kier alpha value is -2.65. The van der Waals surface area contributed by atoms with Crippen molar-refractivity contribution in [1.82, 2.24) is 14.9 Å². The number of hydrogen-bond donors (Lipinski definition) is 1. The fourth-order valence-electron chi connectivity index (χ4n) is 2.66. The van der Waals surface area contributed by atoms with Crippen LogP contribution in [0, 0.1) is 0 Å². The standard InChI is InChI=1S/C17H13N3O4S2/c21-12(20-6-7-24-17(20)23)9-26-16-18-14(22)13-11(8-25-15(13)19-16)10-4-2-1-3-5-10/h1-5,8H,6-7,9H2,(H,18,19,22). The van der Waals surface area contributed by atoms with Gasteiger partial charge >= 0.3 is 6.09 Å². The summed E-state index contributed by atoms with van der Waals surface area (Å²) >= 11 is 2.48. The Kier molecular flexibility index (Phi) is 4.48. The van der Waals surface area contributed by atoms with Gasteiger partial charge in [-0.2, -0.15) is 0 Å². The molecule has 2 amide bonds. The lowest BCUT2D eigenvalue weighted by atomic mass is 10.1. The molecular weight excluding hydrogens is 374 g/mol. The summed E-state index contributed by atoms with van der Waals surface area (Å²) in [5.74, 6) is -0.364. The van der Waals surface area contributed by atoms with Gasteiger partial charge < -0.3 is 9.72 Å². The van der Waals surface area contributed by atoms with Gasteiger partial charge in [-0.1, -0.05) is 42.1 Å². The number of aromatic amines is 1. The molecule has 0 unspecified atom stereocenters. The molecule has 0 bridgehead atoms. The Morgan fingerprint density at radius 2 is 2.12 bits per heavy atom. The number of amides is 2. The molecule has 0 aliphatic carbocycles. The summed E-state index contributed by atoms with van der Waals surface area (Å²) < 4.78 is 4.75. The molecule has 2 aromatic heterocycles. The molecule has 0 spiro atoms. The van der Waals surface area contributed by atoms with Crippen molar-refractivity contribution in [3.05, 3.63) is 46.1 Å². The van der Waals surface area contributed by atoms with Crippen molar-refractivity contribution in [1.29, 1.82) is 0 Å². The number of imide groups is 1. The number of aromatic nitrogens is 2. The maximum atomic E-state index is 12.5. The number of nitrogens with one attached hydrogen (secondary N) is 1. The normalized spacial score (nSPS) is 14.0. The number of benzene rings is 1. The Bertz CT molecular complexity index is 1050. The highest BCUT2D eigenvalue weighted by atomic mass is 32.2. The summed E-state index contributed by atoms with van der Waals surface area (Å²) in [6.45, 7) is 0.473. The zero-order chi connectivity index (χ0) is 18.1. The monoisotopic (exact) mass is 387 g/mol. The molecule has 9 heteroatoms. The zero-order valence-corrected chi connectivity index (χ0v) is 15.1. The van der Waals surface area contributed by atoms with Crippen molar-refractivity contribution in [3.8, 4) is 11.1 Å². The van der Waals surface area contributed by atoms with E-state index in [-0.39, 0.29) is 30.4 Å². The SMILES string of the molecule is O=C(CSc1nc2scc(-c3ccccc3)c2c(=O)[nH]1)N1CCOC1=O. The van der Waals surface area contributed by atoms with E-state index in [0.29, 0.717) is 15.4 Å². The topological polar surface area (TPSA) is 92.4 Å². The van der Waals surface area contributed by atoms with E-state index in [4.69, 9.17) is 4.74 Å². The molecule has 1 aliphatic rings. The van der Waals surface area contributed by atoms with Crippen LogP contribution in [0.15, 0.2) is 45.7 Å². The number of H-pyrrole nitrogens is 1. The second-order valence-electron chi connectivity index (χ2n) is 5.52. The van der Waals surface area contributed by atoms with E-state index in [0.717, 1.165) is 27.8 Å². The number of thiophene rings is 1. The first-order valence-electron chi connectivity index (χ1n) is 7.80. The maximum Gasteiger partial charge on any atom is 0.416 e.